The third-order valence-electron chi connectivity index (χ3n) is 2.02. The van der Waals surface area contributed by atoms with Crippen molar-refractivity contribution in [2.45, 2.75) is 0 Å². The lowest BCUT2D eigenvalue weighted by Crippen LogP contribution is -2.27. The van der Waals surface area contributed by atoms with Gasteiger partial charge in [0.1, 0.15) is 11.5 Å². The molecule has 0 aromatic heterocycles. The summed E-state index contributed by atoms with van der Waals surface area (Å²) in [6.07, 6.45) is 0. The van der Waals surface area contributed by atoms with E-state index in [0.717, 1.165) is 6.07 Å². The van der Waals surface area contributed by atoms with Crippen molar-refractivity contribution in [3.05, 3.63) is 23.8 Å². The van der Waals surface area contributed by atoms with Gasteiger partial charge in [-0.05, 0) is 12.1 Å². The second-order valence-corrected chi connectivity index (χ2v) is 3.36. The van der Waals surface area contributed by atoms with Crippen LogP contribution >= 0.6 is 0 Å². The molecule has 0 spiro atoms. The summed E-state index contributed by atoms with van der Waals surface area (Å²) in [6, 6.07) is 3.79. The maximum Gasteiger partial charge on any atom is 0.255 e. The molecular formula is C11H16N2O4. The van der Waals surface area contributed by atoms with Crippen molar-refractivity contribution < 1.29 is 19.7 Å². The number of hydrogen-bond donors (Lipinski definition) is 4. The number of ether oxygens (including phenoxy) is 1. The number of nitrogens with one attached hydrogen (secondary N) is 1. The summed E-state index contributed by atoms with van der Waals surface area (Å²) >= 11 is 0. The molecule has 94 valence electrons. The Labute approximate surface area is 99.0 Å². The predicted octanol–water partition coefficient (Wildman–Crippen LogP) is -0.197. The summed E-state index contributed by atoms with van der Waals surface area (Å²) in [4.78, 5) is 11.6. The molecule has 6 heteroatoms. The van der Waals surface area contributed by atoms with Crippen LogP contribution in [0.15, 0.2) is 18.2 Å². The molecule has 1 aromatic rings. The van der Waals surface area contributed by atoms with Gasteiger partial charge in [0.2, 0.25) is 0 Å². The van der Waals surface area contributed by atoms with Crippen LogP contribution in [0, 0.1) is 0 Å². The van der Waals surface area contributed by atoms with Gasteiger partial charge >= 0.3 is 0 Å². The quantitative estimate of drug-likeness (QED) is 0.515. The predicted molar refractivity (Wildman–Crippen MR) is 62.0 cm³/mol. The molecule has 0 aliphatic carbocycles. The van der Waals surface area contributed by atoms with Crippen LogP contribution in [0.3, 0.4) is 0 Å². The number of phenols is 2. The standard InChI is InChI=1S/C11H16N2O4/c12-3-5-17-6-4-13-11(16)9-2-1-8(14)7-10(9)15/h1-2,7,14-15H,3-6,12H2,(H,13,16). The summed E-state index contributed by atoms with van der Waals surface area (Å²) in [7, 11) is 0. The van der Waals surface area contributed by atoms with Crippen molar-refractivity contribution in [2.75, 3.05) is 26.3 Å². The molecule has 0 unspecified atom stereocenters. The molecule has 0 saturated heterocycles. The highest BCUT2D eigenvalue weighted by molar-refractivity contribution is 5.96. The maximum absolute atomic E-state index is 11.6. The second-order valence-electron chi connectivity index (χ2n) is 3.36. The van der Waals surface area contributed by atoms with E-state index in [1.807, 2.05) is 0 Å². The monoisotopic (exact) mass is 240 g/mol. The summed E-state index contributed by atoms with van der Waals surface area (Å²) in [5.74, 6) is -0.769. The number of aromatic hydroxyl groups is 2. The number of hydrogen-bond acceptors (Lipinski definition) is 5. The summed E-state index contributed by atoms with van der Waals surface area (Å²) in [6.45, 7) is 1.58. The molecule has 17 heavy (non-hydrogen) atoms. The first-order valence-corrected chi connectivity index (χ1v) is 5.23. The van der Waals surface area contributed by atoms with Crippen molar-refractivity contribution in [2.24, 2.45) is 5.73 Å². The molecule has 5 N–H and O–H groups in total. The van der Waals surface area contributed by atoms with Crippen molar-refractivity contribution in [1.29, 1.82) is 0 Å². The van der Waals surface area contributed by atoms with E-state index >= 15 is 0 Å². The molecule has 6 nitrogen and oxygen atoms in total. The fourth-order valence-corrected chi connectivity index (χ4v) is 1.23. The third kappa shape index (κ3) is 4.29. The fraction of sp³-hybridized carbons (Fsp3) is 0.364. The minimum atomic E-state index is -0.418. The minimum absolute atomic E-state index is 0.0923. The SMILES string of the molecule is NCCOCCNC(=O)c1ccc(O)cc1O. The number of benzene rings is 1. The lowest BCUT2D eigenvalue weighted by Gasteiger charge is -2.07. The topological polar surface area (TPSA) is 105 Å². The average molecular weight is 240 g/mol. The molecule has 0 fully saturated rings. The molecule has 1 rings (SSSR count). The van der Waals surface area contributed by atoms with Crippen LogP contribution in [-0.2, 0) is 4.74 Å². The molecule has 0 bridgehead atoms. The van der Waals surface area contributed by atoms with Crippen LogP contribution < -0.4 is 11.1 Å². The van der Waals surface area contributed by atoms with Crippen molar-refractivity contribution in [1.82, 2.24) is 5.32 Å². The van der Waals surface area contributed by atoms with Gasteiger partial charge in [0.15, 0.2) is 0 Å². The Bertz CT molecular complexity index is 382. The highest BCUT2D eigenvalue weighted by atomic mass is 16.5. The highest BCUT2D eigenvalue weighted by Crippen LogP contribution is 2.22. The first-order valence-electron chi connectivity index (χ1n) is 5.23. The molecule has 0 radical (unpaired) electrons. The van der Waals surface area contributed by atoms with Crippen LogP contribution in [0.1, 0.15) is 10.4 Å². The van der Waals surface area contributed by atoms with E-state index in [2.05, 4.69) is 5.32 Å². The number of carbonyl (C=O) groups is 1. The van der Waals surface area contributed by atoms with Gasteiger partial charge in [0.05, 0.1) is 18.8 Å². The second kappa shape index (κ2) is 6.72. The van der Waals surface area contributed by atoms with E-state index < -0.39 is 5.91 Å². The van der Waals surface area contributed by atoms with Gasteiger partial charge in [-0.25, -0.2) is 0 Å². The third-order valence-corrected chi connectivity index (χ3v) is 2.02. The number of carbonyl (C=O) groups excluding carboxylic acids is 1. The van der Waals surface area contributed by atoms with Crippen LogP contribution in [0.2, 0.25) is 0 Å². The zero-order valence-electron chi connectivity index (χ0n) is 9.35. The van der Waals surface area contributed by atoms with Gasteiger partial charge in [-0.15, -0.1) is 0 Å². The smallest absolute Gasteiger partial charge is 0.255 e. The number of amides is 1. The molecule has 0 aliphatic heterocycles. The largest absolute Gasteiger partial charge is 0.508 e. The Morgan fingerprint density at radius 3 is 2.76 bits per heavy atom. The summed E-state index contributed by atoms with van der Waals surface area (Å²) < 4.78 is 5.08. The number of nitrogens with two attached hydrogens (primary N) is 1. The molecule has 0 atom stereocenters. The molecule has 0 aliphatic rings. The minimum Gasteiger partial charge on any atom is -0.508 e. The molecule has 0 heterocycles. The first-order chi connectivity index (χ1) is 8.15. The lowest BCUT2D eigenvalue weighted by atomic mass is 10.2. The van der Waals surface area contributed by atoms with E-state index in [1.165, 1.54) is 12.1 Å². The molecule has 0 saturated carbocycles. The fourth-order valence-electron chi connectivity index (χ4n) is 1.23. The zero-order chi connectivity index (χ0) is 12.7. The van der Waals surface area contributed by atoms with Gasteiger partial charge in [-0.3, -0.25) is 4.79 Å². The summed E-state index contributed by atoms with van der Waals surface area (Å²) in [5, 5.41) is 21.1. The van der Waals surface area contributed by atoms with Crippen LogP contribution in [0.25, 0.3) is 0 Å². The highest BCUT2D eigenvalue weighted by Gasteiger charge is 2.10. The number of rotatable bonds is 6. The molecular weight excluding hydrogens is 224 g/mol. The first kappa shape index (κ1) is 13.3. The molecule has 1 amide bonds. The normalized spacial score (nSPS) is 10.2. The van der Waals surface area contributed by atoms with Crippen molar-refractivity contribution in [3.8, 4) is 11.5 Å². The van der Waals surface area contributed by atoms with Crippen LogP contribution in [0.5, 0.6) is 11.5 Å². The van der Waals surface area contributed by atoms with Gasteiger partial charge in [0.25, 0.3) is 5.91 Å². The average Bonchev–Trinajstić information content (AvgIpc) is 2.28. The number of phenolic OH excluding ortho intramolecular Hbond substituents is 2. The summed E-state index contributed by atoms with van der Waals surface area (Å²) in [5.41, 5.74) is 5.34. The van der Waals surface area contributed by atoms with E-state index in [9.17, 15) is 9.90 Å². The van der Waals surface area contributed by atoms with E-state index in [4.69, 9.17) is 15.6 Å². The Balaban J connectivity index is 2.42. The Morgan fingerprint density at radius 1 is 1.35 bits per heavy atom. The Morgan fingerprint density at radius 2 is 2.12 bits per heavy atom. The Kier molecular flexibility index (Phi) is 5.25. The van der Waals surface area contributed by atoms with Crippen molar-refractivity contribution in [3.63, 3.8) is 0 Å². The zero-order valence-corrected chi connectivity index (χ0v) is 9.35. The van der Waals surface area contributed by atoms with Crippen LogP contribution in [-0.4, -0.2) is 42.4 Å². The van der Waals surface area contributed by atoms with E-state index in [0.29, 0.717) is 26.3 Å². The van der Waals surface area contributed by atoms with E-state index in [-0.39, 0.29) is 17.1 Å². The van der Waals surface area contributed by atoms with Gasteiger partial charge in [-0.2, -0.15) is 0 Å². The van der Waals surface area contributed by atoms with Gasteiger partial charge < -0.3 is 26.0 Å². The molecule has 1 aromatic carbocycles. The lowest BCUT2D eigenvalue weighted by molar-refractivity contribution is 0.0917. The van der Waals surface area contributed by atoms with Crippen LogP contribution in [0.4, 0.5) is 0 Å². The maximum atomic E-state index is 11.6. The van der Waals surface area contributed by atoms with Gasteiger partial charge in [-0.1, -0.05) is 0 Å². The van der Waals surface area contributed by atoms with Gasteiger partial charge in [0, 0.05) is 19.2 Å². The van der Waals surface area contributed by atoms with E-state index in [1.54, 1.807) is 0 Å². The Hall–Kier alpha value is -1.79. The van der Waals surface area contributed by atoms with Crippen molar-refractivity contribution >= 4 is 5.91 Å².